The zero-order valence-electron chi connectivity index (χ0n) is 19.4. The van der Waals surface area contributed by atoms with E-state index in [9.17, 15) is 18.7 Å². The molecule has 182 valence electrons. The highest BCUT2D eigenvalue weighted by Crippen LogP contribution is 2.17. The highest BCUT2D eigenvalue weighted by Gasteiger charge is 2.26. The van der Waals surface area contributed by atoms with E-state index in [1.807, 2.05) is 42.5 Å². The van der Waals surface area contributed by atoms with Gasteiger partial charge in [-0.05, 0) is 53.8 Å². The molecule has 35 heavy (non-hydrogen) atoms. The number of amides is 1. The van der Waals surface area contributed by atoms with Gasteiger partial charge in [-0.2, -0.15) is 0 Å². The van der Waals surface area contributed by atoms with Gasteiger partial charge in [-0.25, -0.2) is 13.8 Å². The first-order chi connectivity index (χ1) is 16.8. The third-order valence-electron chi connectivity index (χ3n) is 5.95. The summed E-state index contributed by atoms with van der Waals surface area (Å²) in [4.78, 5) is 22.4. The molecule has 2 atom stereocenters. The topological polar surface area (TPSA) is 95.2 Å². The van der Waals surface area contributed by atoms with Crippen molar-refractivity contribution in [1.82, 2.24) is 14.9 Å². The molecule has 3 aromatic carbocycles. The predicted molar refractivity (Wildman–Crippen MR) is 131 cm³/mol. The van der Waals surface area contributed by atoms with Gasteiger partial charge in [0.25, 0.3) is 5.91 Å². The molecule has 6 nitrogen and oxygen atoms in total. The molecule has 1 heterocycles. The average molecular weight is 479 g/mol. The van der Waals surface area contributed by atoms with Gasteiger partial charge >= 0.3 is 0 Å². The van der Waals surface area contributed by atoms with Crippen LogP contribution in [-0.2, 0) is 19.4 Å². The second kappa shape index (κ2) is 10.8. The van der Waals surface area contributed by atoms with Crippen LogP contribution < -0.4 is 5.73 Å². The first kappa shape index (κ1) is 24.5. The van der Waals surface area contributed by atoms with Crippen molar-refractivity contribution >= 4 is 16.9 Å². The number of imidazole rings is 1. The Labute approximate surface area is 202 Å². The maximum atomic E-state index is 13.6. The van der Waals surface area contributed by atoms with Crippen molar-refractivity contribution in [3.63, 3.8) is 0 Å². The number of aliphatic hydroxyl groups is 1. The lowest BCUT2D eigenvalue weighted by molar-refractivity contribution is 0.0545. The van der Waals surface area contributed by atoms with Gasteiger partial charge in [0, 0.05) is 25.2 Å². The van der Waals surface area contributed by atoms with Crippen molar-refractivity contribution in [2.75, 3.05) is 6.54 Å². The Hall–Kier alpha value is -3.62. The average Bonchev–Trinajstić information content (AvgIpc) is 3.27. The van der Waals surface area contributed by atoms with Gasteiger partial charge in [0.15, 0.2) is 5.82 Å². The number of aromatic nitrogens is 2. The summed E-state index contributed by atoms with van der Waals surface area (Å²) in [5.74, 6) is -1.64. The van der Waals surface area contributed by atoms with Crippen LogP contribution in [0.3, 0.4) is 0 Å². The van der Waals surface area contributed by atoms with E-state index in [0.717, 1.165) is 29.1 Å². The number of carbonyl (C=O) groups excluding carboxylic acids is 1. The van der Waals surface area contributed by atoms with E-state index in [4.69, 9.17) is 5.73 Å². The van der Waals surface area contributed by atoms with E-state index in [-0.39, 0.29) is 31.2 Å². The SMILES string of the molecule is CCc1cccc(CN(C[C@@H](O)[C@@H](N)Cc2cc(F)cc(F)c2)C(=O)c2nc3ccccc3[nH]2)c1. The Morgan fingerprint density at radius 2 is 1.74 bits per heavy atom. The number of fused-ring (bicyclic) bond motifs is 1. The first-order valence-corrected chi connectivity index (χ1v) is 11.5. The zero-order chi connectivity index (χ0) is 24.9. The number of carbonyl (C=O) groups is 1. The van der Waals surface area contributed by atoms with Crippen LogP contribution in [0.1, 0.15) is 34.2 Å². The van der Waals surface area contributed by atoms with Crippen molar-refractivity contribution in [2.24, 2.45) is 5.73 Å². The number of aromatic amines is 1. The van der Waals surface area contributed by atoms with Gasteiger partial charge in [-0.1, -0.05) is 43.3 Å². The number of hydrogen-bond acceptors (Lipinski definition) is 4. The van der Waals surface area contributed by atoms with Gasteiger partial charge in [-0.15, -0.1) is 0 Å². The van der Waals surface area contributed by atoms with Crippen molar-refractivity contribution < 1.29 is 18.7 Å². The Bertz CT molecular complexity index is 1270. The summed E-state index contributed by atoms with van der Waals surface area (Å²) in [6.07, 6.45) is -0.235. The molecule has 4 N–H and O–H groups in total. The number of para-hydroxylation sites is 2. The van der Waals surface area contributed by atoms with Crippen LogP contribution in [0.4, 0.5) is 8.78 Å². The van der Waals surface area contributed by atoms with Crippen LogP contribution in [0.25, 0.3) is 11.0 Å². The number of hydrogen-bond donors (Lipinski definition) is 3. The summed E-state index contributed by atoms with van der Waals surface area (Å²) in [5.41, 5.74) is 9.94. The second-order valence-electron chi connectivity index (χ2n) is 8.67. The minimum Gasteiger partial charge on any atom is -0.390 e. The van der Waals surface area contributed by atoms with Gasteiger partial charge in [-0.3, -0.25) is 4.79 Å². The molecule has 0 saturated heterocycles. The number of benzene rings is 3. The van der Waals surface area contributed by atoms with Crippen LogP contribution in [0, 0.1) is 11.6 Å². The van der Waals surface area contributed by atoms with E-state index in [2.05, 4.69) is 16.9 Å². The van der Waals surface area contributed by atoms with Crippen LogP contribution in [0.15, 0.2) is 66.7 Å². The second-order valence-corrected chi connectivity index (χ2v) is 8.67. The van der Waals surface area contributed by atoms with Crippen LogP contribution in [0.2, 0.25) is 0 Å². The summed E-state index contributed by atoms with van der Waals surface area (Å²) in [7, 11) is 0. The van der Waals surface area contributed by atoms with Gasteiger partial charge < -0.3 is 20.7 Å². The molecule has 8 heteroatoms. The molecular weight excluding hydrogens is 450 g/mol. The fourth-order valence-electron chi connectivity index (χ4n) is 4.09. The number of nitrogens with zero attached hydrogens (tertiary/aromatic N) is 2. The number of nitrogens with two attached hydrogens (primary N) is 1. The van der Waals surface area contributed by atoms with Crippen molar-refractivity contribution in [1.29, 1.82) is 0 Å². The quantitative estimate of drug-likeness (QED) is 0.339. The molecule has 4 aromatic rings. The Morgan fingerprint density at radius 1 is 1.03 bits per heavy atom. The summed E-state index contributed by atoms with van der Waals surface area (Å²) < 4.78 is 27.1. The number of aliphatic hydroxyl groups excluding tert-OH is 1. The lowest BCUT2D eigenvalue weighted by Crippen LogP contribution is -2.46. The molecule has 0 saturated carbocycles. The molecule has 4 rings (SSSR count). The lowest BCUT2D eigenvalue weighted by Gasteiger charge is -2.28. The highest BCUT2D eigenvalue weighted by atomic mass is 19.1. The van der Waals surface area contributed by atoms with E-state index < -0.39 is 23.8 Å². The fraction of sp³-hybridized carbons (Fsp3) is 0.259. The molecule has 0 aliphatic carbocycles. The van der Waals surface area contributed by atoms with E-state index in [0.29, 0.717) is 11.1 Å². The molecule has 0 radical (unpaired) electrons. The molecular formula is C27H28F2N4O2. The molecule has 1 aromatic heterocycles. The summed E-state index contributed by atoms with van der Waals surface area (Å²) in [5, 5.41) is 10.9. The maximum Gasteiger partial charge on any atom is 0.290 e. The minimum atomic E-state index is -1.14. The maximum absolute atomic E-state index is 13.6. The molecule has 0 bridgehead atoms. The molecule has 1 amide bonds. The molecule has 0 fully saturated rings. The fourth-order valence-corrected chi connectivity index (χ4v) is 4.09. The third-order valence-corrected chi connectivity index (χ3v) is 5.95. The smallest absolute Gasteiger partial charge is 0.290 e. The van der Waals surface area contributed by atoms with Crippen molar-refractivity contribution in [3.8, 4) is 0 Å². The molecule has 0 spiro atoms. The van der Waals surface area contributed by atoms with Gasteiger partial charge in [0.2, 0.25) is 0 Å². The van der Waals surface area contributed by atoms with E-state index in [1.54, 1.807) is 6.07 Å². The molecule has 0 unspecified atom stereocenters. The Kier molecular flexibility index (Phi) is 7.53. The Balaban J connectivity index is 1.56. The van der Waals surface area contributed by atoms with Crippen molar-refractivity contribution in [2.45, 2.75) is 38.5 Å². The number of halogens is 2. The molecule has 0 aliphatic heterocycles. The van der Waals surface area contributed by atoms with Gasteiger partial charge in [0.05, 0.1) is 17.1 Å². The van der Waals surface area contributed by atoms with Crippen molar-refractivity contribution in [3.05, 3.63) is 101 Å². The van der Waals surface area contributed by atoms with E-state index in [1.165, 1.54) is 17.0 Å². The van der Waals surface area contributed by atoms with Crippen LogP contribution in [-0.4, -0.2) is 44.6 Å². The molecule has 0 aliphatic rings. The predicted octanol–water partition coefficient (Wildman–Crippen LogP) is 3.98. The largest absolute Gasteiger partial charge is 0.390 e. The monoisotopic (exact) mass is 478 g/mol. The highest BCUT2D eigenvalue weighted by molar-refractivity contribution is 5.94. The summed E-state index contributed by atoms with van der Waals surface area (Å²) in [6, 6.07) is 17.5. The number of H-pyrrole nitrogens is 1. The lowest BCUT2D eigenvalue weighted by atomic mass is 10.0. The number of rotatable bonds is 9. The third kappa shape index (κ3) is 6.09. The summed E-state index contributed by atoms with van der Waals surface area (Å²) in [6.45, 7) is 2.21. The standard InChI is InChI=1S/C27H28F2N4O2/c1-2-17-6-5-7-18(10-17)15-33(27(35)26-31-23-8-3-4-9-24(23)32-26)16-25(34)22(30)13-19-11-20(28)14-21(29)12-19/h3-12,14,22,25,34H,2,13,15-16,30H2,1H3,(H,31,32)/t22-,25+/m0/s1. The summed E-state index contributed by atoms with van der Waals surface area (Å²) >= 11 is 0. The normalized spacial score (nSPS) is 13.1. The minimum absolute atomic E-state index is 0.0494. The Morgan fingerprint density at radius 3 is 2.46 bits per heavy atom. The van der Waals surface area contributed by atoms with Crippen LogP contribution >= 0.6 is 0 Å². The van der Waals surface area contributed by atoms with Crippen LogP contribution in [0.5, 0.6) is 0 Å². The number of aryl methyl sites for hydroxylation is 1. The number of nitrogens with one attached hydrogen (secondary N) is 1. The van der Waals surface area contributed by atoms with E-state index >= 15 is 0 Å². The first-order valence-electron chi connectivity index (χ1n) is 11.5. The van der Waals surface area contributed by atoms with Gasteiger partial charge in [0.1, 0.15) is 11.6 Å². The zero-order valence-corrected chi connectivity index (χ0v) is 19.4.